The molecule has 24 heavy (non-hydrogen) atoms. The highest BCUT2D eigenvalue weighted by Gasteiger charge is 2.36. The van der Waals surface area contributed by atoms with Crippen molar-refractivity contribution < 1.29 is 14.7 Å². The zero-order valence-corrected chi connectivity index (χ0v) is 14.6. The van der Waals surface area contributed by atoms with Gasteiger partial charge in [0, 0.05) is 18.0 Å². The molecule has 0 saturated heterocycles. The quantitative estimate of drug-likeness (QED) is 0.901. The van der Waals surface area contributed by atoms with Crippen LogP contribution < -0.4 is 0 Å². The fourth-order valence-electron chi connectivity index (χ4n) is 3.11. The van der Waals surface area contributed by atoms with Gasteiger partial charge in [-0.15, -0.1) is 11.3 Å². The lowest BCUT2D eigenvalue weighted by Crippen LogP contribution is -2.42. The average molecular weight is 347 g/mol. The number of aromatic nitrogens is 2. The Morgan fingerprint density at radius 1 is 1.46 bits per heavy atom. The molecule has 0 bridgehead atoms. The number of aliphatic carboxylic acids is 1. The van der Waals surface area contributed by atoms with Crippen LogP contribution in [0.2, 0.25) is 0 Å². The molecule has 3 rings (SSSR count). The molecule has 128 valence electrons. The molecule has 0 aromatic carbocycles. The fourth-order valence-corrected chi connectivity index (χ4v) is 3.80. The average Bonchev–Trinajstić information content (AvgIpc) is 3.16. The Balaban J connectivity index is 1.84. The van der Waals surface area contributed by atoms with Gasteiger partial charge in [0.15, 0.2) is 0 Å². The van der Waals surface area contributed by atoms with E-state index in [9.17, 15) is 14.7 Å². The van der Waals surface area contributed by atoms with E-state index in [1.165, 1.54) is 11.3 Å². The summed E-state index contributed by atoms with van der Waals surface area (Å²) in [6.07, 6.45) is 2.01. The molecule has 1 aliphatic heterocycles. The van der Waals surface area contributed by atoms with Crippen molar-refractivity contribution in [2.24, 2.45) is 5.92 Å². The lowest BCUT2D eigenvalue weighted by molar-refractivity contribution is -0.141. The Morgan fingerprint density at radius 2 is 2.25 bits per heavy atom. The number of fused-ring (bicyclic) bond motifs is 1. The van der Waals surface area contributed by atoms with E-state index in [1.807, 2.05) is 22.1 Å². The van der Waals surface area contributed by atoms with Gasteiger partial charge in [-0.3, -0.25) is 9.59 Å². The van der Waals surface area contributed by atoms with Crippen LogP contribution in [0.15, 0.2) is 23.8 Å². The van der Waals surface area contributed by atoms with E-state index in [1.54, 1.807) is 11.2 Å². The van der Waals surface area contributed by atoms with Gasteiger partial charge < -0.3 is 14.6 Å². The summed E-state index contributed by atoms with van der Waals surface area (Å²) in [6, 6.07) is 3.83. The van der Waals surface area contributed by atoms with Crippen molar-refractivity contribution in [1.29, 1.82) is 0 Å². The molecule has 3 heterocycles. The third-order valence-corrected chi connectivity index (χ3v) is 5.03. The van der Waals surface area contributed by atoms with Gasteiger partial charge in [0.1, 0.15) is 5.92 Å². The first kappa shape index (κ1) is 16.7. The van der Waals surface area contributed by atoms with Crippen molar-refractivity contribution in [3.63, 3.8) is 0 Å². The minimum absolute atomic E-state index is 0.0484. The molecule has 6 nitrogen and oxygen atoms in total. The summed E-state index contributed by atoms with van der Waals surface area (Å²) in [5.74, 6) is -1.28. The lowest BCUT2D eigenvalue weighted by Gasteiger charge is -2.31. The zero-order valence-electron chi connectivity index (χ0n) is 13.8. The zero-order chi connectivity index (χ0) is 17.3. The van der Waals surface area contributed by atoms with Gasteiger partial charge in [-0.05, 0) is 17.4 Å². The van der Waals surface area contributed by atoms with Gasteiger partial charge in [-0.1, -0.05) is 19.9 Å². The van der Waals surface area contributed by atoms with Crippen LogP contribution in [-0.4, -0.2) is 38.0 Å². The van der Waals surface area contributed by atoms with Crippen molar-refractivity contribution in [3.05, 3.63) is 40.1 Å². The molecule has 2 aromatic heterocycles. The summed E-state index contributed by atoms with van der Waals surface area (Å²) >= 11 is 1.54. The van der Waals surface area contributed by atoms with E-state index >= 15 is 0 Å². The highest BCUT2D eigenvalue weighted by molar-refractivity contribution is 7.10. The van der Waals surface area contributed by atoms with Crippen LogP contribution in [0.4, 0.5) is 0 Å². The first-order chi connectivity index (χ1) is 11.5. The van der Waals surface area contributed by atoms with Crippen LogP contribution >= 0.6 is 11.3 Å². The maximum atomic E-state index is 12.5. The molecule has 1 amide bonds. The van der Waals surface area contributed by atoms with Gasteiger partial charge in [0.2, 0.25) is 5.91 Å². The van der Waals surface area contributed by atoms with E-state index < -0.39 is 11.9 Å². The number of imidazole rings is 1. The van der Waals surface area contributed by atoms with Crippen molar-refractivity contribution >= 4 is 23.2 Å². The SMILES string of the molecule is CC(C)Cn1cnc2c1[C@@H](C(=O)O)CN(C(=O)Cc1cccs1)C2. The van der Waals surface area contributed by atoms with Crippen LogP contribution in [-0.2, 0) is 29.1 Å². The first-order valence-electron chi connectivity index (χ1n) is 8.02. The predicted octanol–water partition coefficient (Wildman–Crippen LogP) is 2.35. The van der Waals surface area contributed by atoms with Crippen molar-refractivity contribution in [2.75, 3.05) is 6.54 Å². The molecule has 0 unspecified atom stereocenters. The Morgan fingerprint density at radius 3 is 2.88 bits per heavy atom. The Bertz CT molecular complexity index is 736. The summed E-state index contributed by atoms with van der Waals surface area (Å²) < 4.78 is 1.93. The second-order valence-electron chi connectivity index (χ2n) is 6.54. The fraction of sp³-hybridized carbons (Fsp3) is 0.471. The van der Waals surface area contributed by atoms with Gasteiger partial charge in [0.25, 0.3) is 0 Å². The summed E-state index contributed by atoms with van der Waals surface area (Å²) in [7, 11) is 0. The summed E-state index contributed by atoms with van der Waals surface area (Å²) in [5, 5.41) is 11.6. The minimum atomic E-state index is -0.907. The maximum absolute atomic E-state index is 12.5. The third kappa shape index (κ3) is 3.36. The van der Waals surface area contributed by atoms with Crippen LogP contribution in [0.5, 0.6) is 0 Å². The number of carboxylic acids is 1. The molecule has 0 radical (unpaired) electrons. The third-order valence-electron chi connectivity index (χ3n) is 4.15. The monoisotopic (exact) mass is 347 g/mol. The molecular formula is C17H21N3O3S. The number of carboxylic acid groups (broad SMARTS) is 1. The van der Waals surface area contributed by atoms with Crippen molar-refractivity contribution in [1.82, 2.24) is 14.5 Å². The maximum Gasteiger partial charge on any atom is 0.314 e. The van der Waals surface area contributed by atoms with Gasteiger partial charge in [-0.2, -0.15) is 0 Å². The van der Waals surface area contributed by atoms with Crippen molar-refractivity contribution in [3.8, 4) is 0 Å². The standard InChI is InChI=1S/C17H21N3O3S/c1-11(2)7-20-10-18-14-9-19(8-13(16(14)20)17(22)23)15(21)6-12-4-3-5-24-12/h3-5,10-11,13H,6-9H2,1-2H3,(H,22,23)/t13-/m0/s1. The van der Waals surface area contributed by atoms with Crippen LogP contribution in [0.3, 0.4) is 0 Å². The van der Waals surface area contributed by atoms with Gasteiger partial charge >= 0.3 is 5.97 Å². The first-order valence-corrected chi connectivity index (χ1v) is 8.90. The normalized spacial score (nSPS) is 17.1. The number of rotatable bonds is 5. The predicted molar refractivity (Wildman–Crippen MR) is 90.9 cm³/mol. The number of thiophene rings is 1. The molecule has 1 N–H and O–H groups in total. The molecule has 7 heteroatoms. The number of nitrogens with zero attached hydrogens (tertiary/aromatic N) is 3. The van der Waals surface area contributed by atoms with E-state index in [2.05, 4.69) is 18.8 Å². The molecule has 0 fully saturated rings. The number of hydrogen-bond donors (Lipinski definition) is 1. The Labute approximate surface area is 144 Å². The second kappa shape index (κ2) is 6.76. The van der Waals surface area contributed by atoms with Crippen LogP contribution in [0.1, 0.15) is 36.0 Å². The molecule has 1 atom stereocenters. The molecule has 2 aromatic rings. The Kier molecular flexibility index (Phi) is 4.71. The highest BCUT2D eigenvalue weighted by Crippen LogP contribution is 2.29. The van der Waals surface area contributed by atoms with E-state index in [-0.39, 0.29) is 12.5 Å². The highest BCUT2D eigenvalue weighted by atomic mass is 32.1. The topological polar surface area (TPSA) is 75.4 Å². The minimum Gasteiger partial charge on any atom is -0.481 e. The molecule has 1 aliphatic rings. The lowest BCUT2D eigenvalue weighted by atomic mass is 9.97. The largest absolute Gasteiger partial charge is 0.481 e. The molecule has 0 aliphatic carbocycles. The molecule has 0 saturated carbocycles. The molecule has 0 spiro atoms. The summed E-state index contributed by atoms with van der Waals surface area (Å²) in [5.41, 5.74) is 1.45. The number of carbonyl (C=O) groups is 2. The van der Waals surface area contributed by atoms with Crippen molar-refractivity contribution in [2.45, 2.75) is 39.3 Å². The van der Waals surface area contributed by atoms with Gasteiger partial charge in [-0.25, -0.2) is 4.98 Å². The van der Waals surface area contributed by atoms with Crippen LogP contribution in [0.25, 0.3) is 0 Å². The Hall–Kier alpha value is -2.15. The second-order valence-corrected chi connectivity index (χ2v) is 7.58. The molecular weight excluding hydrogens is 326 g/mol. The smallest absolute Gasteiger partial charge is 0.314 e. The summed E-state index contributed by atoms with van der Waals surface area (Å²) in [6.45, 7) is 5.49. The summed E-state index contributed by atoms with van der Waals surface area (Å²) in [4.78, 5) is 31.3. The van der Waals surface area contributed by atoms with E-state index in [0.29, 0.717) is 24.6 Å². The van der Waals surface area contributed by atoms with Crippen LogP contribution in [0, 0.1) is 5.92 Å². The van der Waals surface area contributed by atoms with E-state index in [0.717, 1.165) is 17.1 Å². The van der Waals surface area contributed by atoms with Gasteiger partial charge in [0.05, 0.1) is 30.7 Å². The number of hydrogen-bond acceptors (Lipinski definition) is 4. The van der Waals surface area contributed by atoms with E-state index in [4.69, 9.17) is 0 Å². The number of carbonyl (C=O) groups excluding carboxylic acids is 1. The number of amides is 1.